The van der Waals surface area contributed by atoms with Crippen molar-refractivity contribution >= 4 is 23.8 Å². The second-order valence-corrected chi connectivity index (χ2v) is 11.3. The lowest BCUT2D eigenvalue weighted by Gasteiger charge is -2.37. The van der Waals surface area contributed by atoms with Gasteiger partial charge in [0.15, 0.2) is 0 Å². The van der Waals surface area contributed by atoms with Crippen molar-refractivity contribution in [2.45, 2.75) is 44.1 Å². The molecule has 1 heterocycles. The van der Waals surface area contributed by atoms with Crippen LogP contribution in [0.2, 0.25) is 0 Å². The molecule has 1 saturated heterocycles. The maximum absolute atomic E-state index is 14.2. The number of nitrogens with zero attached hydrogens (tertiary/aromatic N) is 2. The van der Waals surface area contributed by atoms with Crippen molar-refractivity contribution in [3.63, 3.8) is 0 Å². The second kappa shape index (κ2) is 14.7. The fraction of sp³-hybridized carbons (Fsp3) is 0.243. The Kier molecular flexibility index (Phi) is 10.2. The van der Waals surface area contributed by atoms with Gasteiger partial charge in [-0.2, -0.15) is 0 Å². The standard InChI is InChI=1S/C37H36N2O7/c1-45-36(43)29-17-9-15-27(19-29)23-38-31(21-25-11-5-3-6-12-25)33(40)32(22-26-13-7-4-8-14-26)39(35(42)34(38)41)24-28-16-10-18-30(20-28)37(44)46-2/h3-20,31-33,40H,21-24H2,1-2H3/t31-,32-/m1/s1. The molecule has 0 aromatic heterocycles. The van der Waals surface area contributed by atoms with E-state index in [-0.39, 0.29) is 25.9 Å². The van der Waals surface area contributed by atoms with Gasteiger partial charge in [0.1, 0.15) is 0 Å². The molecule has 2 atom stereocenters. The highest BCUT2D eigenvalue weighted by molar-refractivity contribution is 6.35. The summed E-state index contributed by atoms with van der Waals surface area (Å²) in [6, 6.07) is 30.8. The van der Waals surface area contributed by atoms with Gasteiger partial charge in [0.2, 0.25) is 0 Å². The van der Waals surface area contributed by atoms with E-state index < -0.39 is 41.9 Å². The summed E-state index contributed by atoms with van der Waals surface area (Å²) in [5.74, 6) is -2.60. The number of ether oxygens (including phenoxy) is 2. The quantitative estimate of drug-likeness (QED) is 0.209. The van der Waals surface area contributed by atoms with Crippen molar-refractivity contribution in [3.05, 3.63) is 143 Å². The minimum atomic E-state index is -1.16. The molecule has 0 bridgehead atoms. The molecule has 1 fully saturated rings. The van der Waals surface area contributed by atoms with Crippen LogP contribution >= 0.6 is 0 Å². The van der Waals surface area contributed by atoms with Gasteiger partial charge in [-0.3, -0.25) is 9.59 Å². The Labute approximate surface area is 268 Å². The van der Waals surface area contributed by atoms with Crippen molar-refractivity contribution in [2.24, 2.45) is 0 Å². The number of amides is 2. The summed E-state index contributed by atoms with van der Waals surface area (Å²) < 4.78 is 9.76. The zero-order valence-corrected chi connectivity index (χ0v) is 25.7. The first-order valence-electron chi connectivity index (χ1n) is 15.0. The van der Waals surface area contributed by atoms with Gasteiger partial charge in [0, 0.05) is 13.1 Å². The maximum atomic E-state index is 14.2. The molecule has 46 heavy (non-hydrogen) atoms. The molecule has 0 saturated carbocycles. The van der Waals surface area contributed by atoms with Crippen molar-refractivity contribution in [3.8, 4) is 0 Å². The normalized spacial score (nSPS) is 17.0. The van der Waals surface area contributed by atoms with Gasteiger partial charge in [0.25, 0.3) is 0 Å². The van der Waals surface area contributed by atoms with E-state index in [1.165, 1.54) is 24.0 Å². The summed E-state index contributed by atoms with van der Waals surface area (Å²) in [6.07, 6.45) is -0.591. The van der Waals surface area contributed by atoms with Crippen LogP contribution in [-0.4, -0.2) is 71.1 Å². The molecule has 4 aromatic rings. The van der Waals surface area contributed by atoms with E-state index in [4.69, 9.17) is 9.47 Å². The van der Waals surface area contributed by atoms with E-state index in [2.05, 4.69) is 0 Å². The Bertz CT molecular complexity index is 1570. The number of aliphatic hydroxyl groups excluding tert-OH is 1. The molecule has 0 unspecified atom stereocenters. The number of rotatable bonds is 10. The number of aliphatic hydroxyl groups is 1. The van der Waals surface area contributed by atoms with Crippen LogP contribution in [0.1, 0.15) is 43.0 Å². The predicted octanol–water partition coefficient (Wildman–Crippen LogP) is 4.21. The number of methoxy groups -OCH3 is 2. The Balaban J connectivity index is 1.59. The van der Waals surface area contributed by atoms with Gasteiger partial charge >= 0.3 is 23.8 Å². The van der Waals surface area contributed by atoms with Crippen LogP contribution in [-0.2, 0) is 45.0 Å². The van der Waals surface area contributed by atoms with Crippen LogP contribution in [0.15, 0.2) is 109 Å². The summed E-state index contributed by atoms with van der Waals surface area (Å²) >= 11 is 0. The molecule has 5 rings (SSSR count). The van der Waals surface area contributed by atoms with Crippen LogP contribution < -0.4 is 0 Å². The second-order valence-electron chi connectivity index (χ2n) is 11.3. The van der Waals surface area contributed by atoms with Crippen LogP contribution in [0.4, 0.5) is 0 Å². The Morgan fingerprint density at radius 2 is 0.957 bits per heavy atom. The Hall–Kier alpha value is -5.28. The van der Waals surface area contributed by atoms with E-state index in [0.29, 0.717) is 22.3 Å². The molecule has 9 nitrogen and oxygen atoms in total. The molecule has 0 spiro atoms. The average Bonchev–Trinajstić information content (AvgIpc) is 3.15. The topological polar surface area (TPSA) is 113 Å². The highest BCUT2D eigenvalue weighted by Gasteiger charge is 2.46. The molecular weight excluding hydrogens is 584 g/mol. The van der Waals surface area contributed by atoms with Gasteiger partial charge in [-0.25, -0.2) is 9.59 Å². The minimum absolute atomic E-state index is 0.0201. The lowest BCUT2D eigenvalue weighted by atomic mass is 9.90. The van der Waals surface area contributed by atoms with Crippen molar-refractivity contribution in [1.29, 1.82) is 0 Å². The molecule has 9 heteroatoms. The zero-order chi connectivity index (χ0) is 32.6. The van der Waals surface area contributed by atoms with E-state index in [1.54, 1.807) is 48.5 Å². The summed E-state index contributed by atoms with van der Waals surface area (Å²) in [5, 5.41) is 12.3. The molecule has 1 N–H and O–H groups in total. The van der Waals surface area contributed by atoms with Crippen LogP contribution in [0.3, 0.4) is 0 Å². The summed E-state index contributed by atoms with van der Waals surface area (Å²) in [5.41, 5.74) is 3.60. The van der Waals surface area contributed by atoms with E-state index in [1.807, 2.05) is 60.7 Å². The first-order chi connectivity index (χ1) is 22.3. The molecule has 0 aliphatic carbocycles. The largest absolute Gasteiger partial charge is 0.465 e. The first kappa shape index (κ1) is 32.1. The van der Waals surface area contributed by atoms with E-state index >= 15 is 0 Å². The summed E-state index contributed by atoms with van der Waals surface area (Å²) in [7, 11) is 2.58. The van der Waals surface area contributed by atoms with Gasteiger partial charge in [-0.05, 0) is 59.4 Å². The highest BCUT2D eigenvalue weighted by Crippen LogP contribution is 2.29. The predicted molar refractivity (Wildman–Crippen MR) is 171 cm³/mol. The lowest BCUT2D eigenvalue weighted by molar-refractivity contribution is -0.152. The van der Waals surface area contributed by atoms with E-state index in [9.17, 15) is 24.3 Å². The van der Waals surface area contributed by atoms with Gasteiger partial charge in [0.05, 0.1) is 43.5 Å². The molecule has 0 radical (unpaired) electrons. The van der Waals surface area contributed by atoms with Crippen LogP contribution in [0.25, 0.3) is 0 Å². The number of carbonyl (C=O) groups is 4. The molecule has 4 aromatic carbocycles. The summed E-state index contributed by atoms with van der Waals surface area (Å²) in [6.45, 7) is -0.0403. The third kappa shape index (κ3) is 7.33. The Morgan fingerprint density at radius 3 is 1.33 bits per heavy atom. The zero-order valence-electron chi connectivity index (χ0n) is 25.7. The van der Waals surface area contributed by atoms with Gasteiger partial charge < -0.3 is 24.4 Å². The minimum Gasteiger partial charge on any atom is -0.465 e. The molecule has 1 aliphatic rings. The molecule has 2 amide bonds. The summed E-state index contributed by atoms with van der Waals surface area (Å²) in [4.78, 5) is 55.9. The average molecular weight is 621 g/mol. The van der Waals surface area contributed by atoms with Crippen molar-refractivity contribution in [1.82, 2.24) is 9.80 Å². The highest BCUT2D eigenvalue weighted by atomic mass is 16.5. The van der Waals surface area contributed by atoms with Gasteiger partial charge in [-0.15, -0.1) is 0 Å². The van der Waals surface area contributed by atoms with Gasteiger partial charge in [-0.1, -0.05) is 84.9 Å². The van der Waals surface area contributed by atoms with Crippen LogP contribution in [0, 0.1) is 0 Å². The van der Waals surface area contributed by atoms with Crippen molar-refractivity contribution < 1.29 is 33.8 Å². The Morgan fingerprint density at radius 1 is 0.587 bits per heavy atom. The maximum Gasteiger partial charge on any atom is 0.337 e. The van der Waals surface area contributed by atoms with E-state index in [0.717, 1.165) is 11.1 Å². The van der Waals surface area contributed by atoms with Crippen LogP contribution in [0.5, 0.6) is 0 Å². The smallest absolute Gasteiger partial charge is 0.337 e. The number of hydrogen-bond donors (Lipinski definition) is 1. The third-order valence-corrected chi connectivity index (χ3v) is 8.27. The number of carbonyl (C=O) groups excluding carboxylic acids is 4. The molecular formula is C37H36N2O7. The lowest BCUT2D eigenvalue weighted by Crippen LogP contribution is -2.52. The number of hydrogen-bond acceptors (Lipinski definition) is 7. The monoisotopic (exact) mass is 620 g/mol. The third-order valence-electron chi connectivity index (χ3n) is 8.27. The number of benzene rings is 4. The van der Waals surface area contributed by atoms with Crippen molar-refractivity contribution in [2.75, 3.05) is 14.2 Å². The first-order valence-corrected chi connectivity index (χ1v) is 15.0. The molecule has 236 valence electrons. The fourth-order valence-corrected chi connectivity index (χ4v) is 5.95. The SMILES string of the molecule is COC(=O)c1cccc(CN2C(=O)C(=O)N(Cc3cccc(C(=O)OC)c3)[C@H](Cc3ccccc3)C(O)[C@H]2Cc2ccccc2)c1. The molecule has 1 aliphatic heterocycles. The fourth-order valence-electron chi connectivity index (χ4n) is 5.95. The number of esters is 2.